The lowest BCUT2D eigenvalue weighted by Crippen LogP contribution is -2.01. The first-order chi connectivity index (χ1) is 6.09. The van der Waals surface area contributed by atoms with E-state index in [2.05, 4.69) is 0 Å². The van der Waals surface area contributed by atoms with Crippen LogP contribution >= 0.6 is 0 Å². The van der Waals surface area contributed by atoms with Crippen LogP contribution in [-0.4, -0.2) is 16.3 Å². The molecule has 0 saturated carbocycles. The molecule has 3 heteroatoms. The smallest absolute Gasteiger partial charge is 0.157 e. The second kappa shape index (κ2) is 4.14. The molecular weight excluding hydrogens is 168 g/mol. The molecule has 0 fully saturated rings. The van der Waals surface area contributed by atoms with Crippen molar-refractivity contribution in [3.63, 3.8) is 0 Å². The second-order valence-electron chi connectivity index (χ2n) is 3.18. The Morgan fingerprint density at radius 3 is 2.46 bits per heavy atom. The maximum absolute atomic E-state index is 9.16. The van der Waals surface area contributed by atoms with Crippen LogP contribution in [0.3, 0.4) is 0 Å². The van der Waals surface area contributed by atoms with E-state index in [1.807, 2.05) is 13.8 Å². The first kappa shape index (κ1) is 9.86. The molecule has 0 aliphatic rings. The van der Waals surface area contributed by atoms with Crippen LogP contribution in [0.15, 0.2) is 18.2 Å². The summed E-state index contributed by atoms with van der Waals surface area (Å²) >= 11 is 0. The lowest BCUT2D eigenvalue weighted by molar-refractivity contribution is 0.0656. The molecule has 0 amide bonds. The summed E-state index contributed by atoms with van der Waals surface area (Å²) in [5, 5.41) is 18.2. The molecule has 2 N–H and O–H groups in total. The van der Waals surface area contributed by atoms with Gasteiger partial charge in [0.25, 0.3) is 0 Å². The van der Waals surface area contributed by atoms with Crippen molar-refractivity contribution >= 4 is 0 Å². The largest absolute Gasteiger partial charge is 0.504 e. The average molecular weight is 182 g/mol. The third kappa shape index (κ3) is 2.95. The summed E-state index contributed by atoms with van der Waals surface area (Å²) in [5.74, 6) is -0.210. The van der Waals surface area contributed by atoms with Crippen molar-refractivity contribution in [2.45, 2.75) is 26.6 Å². The standard InChI is InChI=1S/C10H14O3/c1-7(2)13-6-8-3-4-9(11)10(12)5-8/h3-5,7,11-12H,6H2,1-2H3. The van der Waals surface area contributed by atoms with Crippen LogP contribution in [0.5, 0.6) is 11.5 Å². The summed E-state index contributed by atoms with van der Waals surface area (Å²) in [6.07, 6.45) is 0.163. The molecule has 72 valence electrons. The van der Waals surface area contributed by atoms with E-state index in [1.54, 1.807) is 6.07 Å². The molecule has 1 aromatic rings. The van der Waals surface area contributed by atoms with E-state index in [0.717, 1.165) is 5.56 Å². The number of phenolic OH excluding ortho intramolecular Hbond substituents is 2. The van der Waals surface area contributed by atoms with E-state index in [4.69, 9.17) is 14.9 Å². The van der Waals surface area contributed by atoms with Crippen molar-refractivity contribution in [1.82, 2.24) is 0 Å². The molecule has 0 heterocycles. The maximum atomic E-state index is 9.16. The van der Waals surface area contributed by atoms with Crippen LogP contribution in [0.25, 0.3) is 0 Å². The summed E-state index contributed by atoms with van der Waals surface area (Å²) in [5.41, 5.74) is 0.851. The maximum Gasteiger partial charge on any atom is 0.157 e. The van der Waals surface area contributed by atoms with Crippen LogP contribution in [-0.2, 0) is 11.3 Å². The zero-order valence-electron chi connectivity index (χ0n) is 7.82. The Morgan fingerprint density at radius 1 is 1.23 bits per heavy atom. The minimum Gasteiger partial charge on any atom is -0.504 e. The second-order valence-corrected chi connectivity index (χ2v) is 3.18. The Hall–Kier alpha value is -1.22. The van der Waals surface area contributed by atoms with Gasteiger partial charge < -0.3 is 14.9 Å². The van der Waals surface area contributed by atoms with E-state index in [-0.39, 0.29) is 17.6 Å². The number of aromatic hydroxyl groups is 2. The van der Waals surface area contributed by atoms with Gasteiger partial charge in [-0.2, -0.15) is 0 Å². The van der Waals surface area contributed by atoms with Crippen molar-refractivity contribution in [1.29, 1.82) is 0 Å². The van der Waals surface area contributed by atoms with Gasteiger partial charge in [-0.25, -0.2) is 0 Å². The fourth-order valence-corrected chi connectivity index (χ4v) is 0.922. The van der Waals surface area contributed by atoms with Crippen LogP contribution in [0.1, 0.15) is 19.4 Å². The Morgan fingerprint density at radius 2 is 1.92 bits per heavy atom. The molecule has 0 aliphatic carbocycles. The van der Waals surface area contributed by atoms with Crippen LogP contribution in [0.2, 0.25) is 0 Å². The zero-order chi connectivity index (χ0) is 9.84. The highest BCUT2D eigenvalue weighted by Gasteiger charge is 2.01. The average Bonchev–Trinajstić information content (AvgIpc) is 2.07. The van der Waals surface area contributed by atoms with Crippen LogP contribution < -0.4 is 0 Å². The summed E-state index contributed by atoms with van der Waals surface area (Å²) < 4.78 is 5.33. The SMILES string of the molecule is CC(C)OCc1ccc(O)c(O)c1. The molecule has 0 radical (unpaired) electrons. The Kier molecular flexibility index (Phi) is 3.14. The molecule has 0 saturated heterocycles. The van der Waals surface area contributed by atoms with Crippen LogP contribution in [0, 0.1) is 0 Å². The summed E-state index contributed by atoms with van der Waals surface area (Å²) in [7, 11) is 0. The van der Waals surface area contributed by atoms with Gasteiger partial charge in [0.1, 0.15) is 0 Å². The third-order valence-electron chi connectivity index (χ3n) is 1.62. The van der Waals surface area contributed by atoms with Gasteiger partial charge in [0.2, 0.25) is 0 Å². The van der Waals surface area contributed by atoms with Gasteiger partial charge in [-0.3, -0.25) is 0 Å². The number of benzene rings is 1. The molecule has 0 atom stereocenters. The number of hydrogen-bond donors (Lipinski definition) is 2. The fraction of sp³-hybridized carbons (Fsp3) is 0.400. The minimum atomic E-state index is -0.107. The molecule has 0 unspecified atom stereocenters. The number of hydrogen-bond acceptors (Lipinski definition) is 3. The summed E-state index contributed by atoms with van der Waals surface area (Å²) in [6, 6.07) is 4.67. The lowest BCUT2D eigenvalue weighted by atomic mass is 10.2. The van der Waals surface area contributed by atoms with E-state index >= 15 is 0 Å². The third-order valence-corrected chi connectivity index (χ3v) is 1.62. The molecule has 0 bridgehead atoms. The quantitative estimate of drug-likeness (QED) is 0.703. The van der Waals surface area contributed by atoms with Crippen molar-refractivity contribution < 1.29 is 14.9 Å². The molecule has 0 aromatic heterocycles. The molecule has 3 nitrogen and oxygen atoms in total. The Balaban J connectivity index is 2.63. The Labute approximate surface area is 77.6 Å². The molecule has 0 aliphatic heterocycles. The molecule has 1 aromatic carbocycles. The normalized spacial score (nSPS) is 10.7. The topological polar surface area (TPSA) is 49.7 Å². The van der Waals surface area contributed by atoms with Crippen molar-refractivity contribution in [2.24, 2.45) is 0 Å². The van der Waals surface area contributed by atoms with E-state index in [0.29, 0.717) is 6.61 Å². The molecular formula is C10H14O3. The van der Waals surface area contributed by atoms with Gasteiger partial charge in [0.05, 0.1) is 12.7 Å². The van der Waals surface area contributed by atoms with E-state index in [9.17, 15) is 0 Å². The highest BCUT2D eigenvalue weighted by atomic mass is 16.5. The minimum absolute atomic E-state index is 0.103. The first-order valence-corrected chi connectivity index (χ1v) is 4.22. The zero-order valence-corrected chi connectivity index (χ0v) is 7.82. The van der Waals surface area contributed by atoms with Gasteiger partial charge in [-0.05, 0) is 31.5 Å². The van der Waals surface area contributed by atoms with Crippen molar-refractivity contribution in [3.8, 4) is 11.5 Å². The first-order valence-electron chi connectivity index (χ1n) is 4.22. The monoisotopic (exact) mass is 182 g/mol. The lowest BCUT2D eigenvalue weighted by Gasteiger charge is -2.07. The molecule has 0 spiro atoms. The number of phenols is 2. The van der Waals surface area contributed by atoms with E-state index in [1.165, 1.54) is 12.1 Å². The highest BCUT2D eigenvalue weighted by molar-refractivity contribution is 5.40. The predicted octanol–water partition coefficient (Wildman–Crippen LogP) is 2.02. The van der Waals surface area contributed by atoms with Gasteiger partial charge in [0.15, 0.2) is 11.5 Å². The Bertz CT molecular complexity index is 281. The molecule has 13 heavy (non-hydrogen) atoms. The number of ether oxygens (including phenoxy) is 1. The summed E-state index contributed by atoms with van der Waals surface area (Å²) in [6.45, 7) is 4.34. The summed E-state index contributed by atoms with van der Waals surface area (Å²) in [4.78, 5) is 0. The van der Waals surface area contributed by atoms with Gasteiger partial charge >= 0.3 is 0 Å². The van der Waals surface area contributed by atoms with Gasteiger partial charge in [0, 0.05) is 0 Å². The van der Waals surface area contributed by atoms with Gasteiger partial charge in [-0.1, -0.05) is 6.07 Å². The highest BCUT2D eigenvalue weighted by Crippen LogP contribution is 2.25. The van der Waals surface area contributed by atoms with Gasteiger partial charge in [-0.15, -0.1) is 0 Å². The van der Waals surface area contributed by atoms with Crippen molar-refractivity contribution in [2.75, 3.05) is 0 Å². The van der Waals surface area contributed by atoms with Crippen LogP contribution in [0.4, 0.5) is 0 Å². The number of rotatable bonds is 3. The van der Waals surface area contributed by atoms with E-state index < -0.39 is 0 Å². The van der Waals surface area contributed by atoms with Crippen molar-refractivity contribution in [3.05, 3.63) is 23.8 Å². The molecule has 1 rings (SSSR count). The predicted molar refractivity (Wildman–Crippen MR) is 49.7 cm³/mol. The fourth-order valence-electron chi connectivity index (χ4n) is 0.922.